The van der Waals surface area contributed by atoms with E-state index in [1.54, 1.807) is 0 Å². The van der Waals surface area contributed by atoms with E-state index in [-0.39, 0.29) is 0 Å². The number of hydrogen-bond donors (Lipinski definition) is 0. The summed E-state index contributed by atoms with van der Waals surface area (Å²) < 4.78 is 0. The monoisotopic (exact) mass is 187 g/mol. The number of benzene rings is 1. The molecule has 1 rings (SSSR count). The van der Waals surface area contributed by atoms with Gasteiger partial charge in [-0.15, -0.1) is 0 Å². The van der Waals surface area contributed by atoms with E-state index in [1.165, 1.54) is 5.57 Å². The second-order valence-electron chi connectivity index (χ2n) is 3.18. The van der Waals surface area contributed by atoms with Crippen LogP contribution in [-0.4, -0.2) is 6.21 Å². The van der Waals surface area contributed by atoms with Crippen molar-refractivity contribution in [2.24, 2.45) is 4.99 Å². The largest absolute Gasteiger partial charge is 0.264 e. The quantitative estimate of drug-likeness (QED) is 0.635. The van der Waals surface area contributed by atoms with Crippen molar-refractivity contribution in [3.63, 3.8) is 0 Å². The molecule has 0 aliphatic rings. The number of aliphatic imine (C=N–C) groups is 1. The van der Waals surface area contributed by atoms with Gasteiger partial charge < -0.3 is 0 Å². The maximum Gasteiger partial charge on any atom is 0.0340 e. The Hall–Kier alpha value is -1.37. The lowest BCUT2D eigenvalue weighted by atomic mass is 10.2. The first-order valence-electron chi connectivity index (χ1n) is 5.13. The van der Waals surface area contributed by atoms with Crippen LogP contribution in [0.5, 0.6) is 0 Å². The first-order chi connectivity index (χ1) is 6.86. The highest BCUT2D eigenvalue weighted by atomic mass is 14.7. The number of nitrogens with zero attached hydrogens (tertiary/aromatic N) is 1. The summed E-state index contributed by atoms with van der Waals surface area (Å²) >= 11 is 0. The molecule has 0 aromatic heterocycles. The van der Waals surface area contributed by atoms with E-state index in [2.05, 4.69) is 31.0 Å². The molecule has 0 radical (unpaired) electrons. The molecular weight excluding hydrogens is 170 g/mol. The van der Waals surface area contributed by atoms with Gasteiger partial charge >= 0.3 is 0 Å². The van der Waals surface area contributed by atoms with Gasteiger partial charge in [0.05, 0.1) is 0 Å². The van der Waals surface area contributed by atoms with Crippen molar-refractivity contribution < 1.29 is 0 Å². The molecule has 1 aromatic rings. The van der Waals surface area contributed by atoms with E-state index in [0.29, 0.717) is 0 Å². The third-order valence-electron chi connectivity index (χ3n) is 2.19. The summed E-state index contributed by atoms with van der Waals surface area (Å²) in [6.07, 6.45) is 6.03. The Morgan fingerprint density at radius 2 is 1.79 bits per heavy atom. The van der Waals surface area contributed by atoms with Crippen LogP contribution in [0.4, 0.5) is 0 Å². The highest BCUT2D eigenvalue weighted by Crippen LogP contribution is 2.05. The van der Waals surface area contributed by atoms with Crippen LogP contribution in [0.3, 0.4) is 0 Å². The second kappa shape index (κ2) is 6.14. The lowest BCUT2D eigenvalue weighted by molar-refractivity contribution is 0.969. The van der Waals surface area contributed by atoms with Gasteiger partial charge in [-0.3, -0.25) is 4.99 Å². The average molecular weight is 187 g/mol. The van der Waals surface area contributed by atoms with Gasteiger partial charge in [-0.25, -0.2) is 0 Å². The van der Waals surface area contributed by atoms with Crippen LogP contribution in [0.15, 0.2) is 47.1 Å². The summed E-state index contributed by atoms with van der Waals surface area (Å²) in [4.78, 5) is 4.30. The molecule has 0 aliphatic heterocycles. The molecule has 0 unspecified atom stereocenters. The molecule has 0 amide bonds. The van der Waals surface area contributed by atoms with Crippen LogP contribution in [-0.2, 0) is 0 Å². The fourth-order valence-electron chi connectivity index (χ4n) is 1.20. The number of rotatable bonds is 4. The summed E-state index contributed by atoms with van der Waals surface area (Å²) in [6.45, 7) is 4.32. The van der Waals surface area contributed by atoms with Crippen LogP contribution < -0.4 is 0 Å². The molecule has 0 N–H and O–H groups in total. The zero-order valence-corrected chi connectivity index (χ0v) is 8.90. The molecule has 0 heterocycles. The van der Waals surface area contributed by atoms with E-state index in [4.69, 9.17) is 0 Å². The van der Waals surface area contributed by atoms with Crippen molar-refractivity contribution in [2.75, 3.05) is 0 Å². The standard InChI is InChI=1S/C13H17N/c1-3-12(4-2)10-14-11-13-8-6-5-7-9-13/h5-11H,3-4H2,1-2H3. The lowest BCUT2D eigenvalue weighted by Crippen LogP contribution is -1.79. The Kier molecular flexibility index (Phi) is 4.70. The van der Waals surface area contributed by atoms with Crippen LogP contribution in [0.1, 0.15) is 32.3 Å². The Bertz CT molecular complexity index is 303. The molecule has 1 nitrogen and oxygen atoms in total. The summed E-state index contributed by atoms with van der Waals surface area (Å²) in [5.74, 6) is 0. The highest BCUT2D eigenvalue weighted by Gasteiger charge is 1.86. The van der Waals surface area contributed by atoms with E-state index in [0.717, 1.165) is 18.4 Å². The van der Waals surface area contributed by atoms with Gasteiger partial charge in [-0.1, -0.05) is 49.8 Å². The van der Waals surface area contributed by atoms with Crippen LogP contribution in [0.2, 0.25) is 0 Å². The van der Waals surface area contributed by atoms with Gasteiger partial charge in [-0.2, -0.15) is 0 Å². The minimum Gasteiger partial charge on any atom is -0.264 e. The number of allylic oxidation sites excluding steroid dienone is 1. The summed E-state index contributed by atoms with van der Waals surface area (Å²) in [6, 6.07) is 10.2. The Morgan fingerprint density at radius 3 is 2.36 bits per heavy atom. The molecule has 1 heteroatoms. The SMILES string of the molecule is CCC(=CN=Cc1ccccc1)CC. The Morgan fingerprint density at radius 1 is 1.14 bits per heavy atom. The zero-order valence-electron chi connectivity index (χ0n) is 8.90. The van der Waals surface area contributed by atoms with Crippen molar-refractivity contribution in [2.45, 2.75) is 26.7 Å². The van der Waals surface area contributed by atoms with Gasteiger partial charge in [0.25, 0.3) is 0 Å². The third kappa shape index (κ3) is 3.56. The van der Waals surface area contributed by atoms with E-state index in [9.17, 15) is 0 Å². The molecule has 0 saturated carbocycles. The molecule has 0 fully saturated rings. The summed E-state index contributed by atoms with van der Waals surface area (Å²) in [7, 11) is 0. The van der Waals surface area contributed by atoms with Crippen LogP contribution in [0, 0.1) is 0 Å². The normalized spacial score (nSPS) is 10.4. The minimum atomic E-state index is 1.09. The van der Waals surface area contributed by atoms with E-state index >= 15 is 0 Å². The molecule has 0 saturated heterocycles. The van der Waals surface area contributed by atoms with Crippen LogP contribution in [0.25, 0.3) is 0 Å². The van der Waals surface area contributed by atoms with Crippen molar-refractivity contribution in [1.82, 2.24) is 0 Å². The minimum absolute atomic E-state index is 1.09. The molecule has 74 valence electrons. The van der Waals surface area contributed by atoms with Gasteiger partial charge in [0.15, 0.2) is 0 Å². The first-order valence-corrected chi connectivity index (χ1v) is 5.13. The molecule has 0 aliphatic carbocycles. The van der Waals surface area contributed by atoms with Gasteiger partial charge in [0.2, 0.25) is 0 Å². The third-order valence-corrected chi connectivity index (χ3v) is 2.19. The molecule has 0 bridgehead atoms. The Labute approximate surface area is 86.2 Å². The fraction of sp³-hybridized carbons (Fsp3) is 0.308. The smallest absolute Gasteiger partial charge is 0.0340 e. The van der Waals surface area contributed by atoms with E-state index < -0.39 is 0 Å². The van der Waals surface area contributed by atoms with Crippen molar-refractivity contribution in [1.29, 1.82) is 0 Å². The topological polar surface area (TPSA) is 12.4 Å². The Balaban J connectivity index is 2.61. The summed E-state index contributed by atoms with van der Waals surface area (Å²) in [5.41, 5.74) is 2.53. The van der Waals surface area contributed by atoms with Gasteiger partial charge in [-0.05, 0) is 18.4 Å². The lowest BCUT2D eigenvalue weighted by Gasteiger charge is -1.95. The van der Waals surface area contributed by atoms with Crippen molar-refractivity contribution >= 4 is 6.21 Å². The second-order valence-corrected chi connectivity index (χ2v) is 3.18. The van der Waals surface area contributed by atoms with E-state index in [1.807, 2.05) is 30.6 Å². The maximum atomic E-state index is 4.30. The molecule has 0 atom stereocenters. The molecular formula is C13H17N. The fourth-order valence-corrected chi connectivity index (χ4v) is 1.20. The van der Waals surface area contributed by atoms with Crippen molar-refractivity contribution in [3.8, 4) is 0 Å². The summed E-state index contributed by atoms with van der Waals surface area (Å²) in [5, 5.41) is 0. The average Bonchev–Trinajstić information content (AvgIpc) is 2.26. The van der Waals surface area contributed by atoms with Gasteiger partial charge in [0.1, 0.15) is 0 Å². The zero-order chi connectivity index (χ0) is 10.2. The predicted molar refractivity (Wildman–Crippen MR) is 62.7 cm³/mol. The predicted octanol–water partition coefficient (Wildman–Crippen LogP) is 3.81. The molecule has 1 aromatic carbocycles. The number of hydrogen-bond acceptors (Lipinski definition) is 1. The van der Waals surface area contributed by atoms with Crippen molar-refractivity contribution in [3.05, 3.63) is 47.7 Å². The first kappa shape index (κ1) is 10.7. The molecule has 0 spiro atoms. The van der Waals surface area contributed by atoms with Gasteiger partial charge in [0, 0.05) is 12.4 Å². The molecule has 14 heavy (non-hydrogen) atoms. The van der Waals surface area contributed by atoms with Crippen LogP contribution >= 0.6 is 0 Å². The maximum absolute atomic E-state index is 4.30. The highest BCUT2D eigenvalue weighted by molar-refractivity contribution is 5.79.